The van der Waals surface area contributed by atoms with E-state index in [1.54, 1.807) is 12.1 Å². The molecule has 1 rings (SSSR count). The van der Waals surface area contributed by atoms with E-state index in [-0.39, 0.29) is 11.9 Å². The third kappa shape index (κ3) is 2.33. The predicted octanol–water partition coefficient (Wildman–Crippen LogP) is 2.10. The first-order valence-corrected chi connectivity index (χ1v) is 4.59. The van der Waals surface area contributed by atoms with E-state index in [0.717, 1.165) is 0 Å². The van der Waals surface area contributed by atoms with Crippen molar-refractivity contribution in [2.45, 2.75) is 19.9 Å². The van der Waals surface area contributed by atoms with Crippen LogP contribution in [0, 0.1) is 0 Å². The molecule has 0 fully saturated rings. The highest BCUT2D eigenvalue weighted by atomic mass is 16.7. The Labute approximate surface area is 84.2 Å². The highest BCUT2D eigenvalue weighted by Gasteiger charge is 2.17. The topological polar surface area (TPSA) is 29.5 Å². The van der Waals surface area contributed by atoms with Crippen molar-refractivity contribution >= 4 is 5.91 Å². The van der Waals surface area contributed by atoms with Crippen LogP contribution in [0.4, 0.5) is 0 Å². The number of hydroxylamine groups is 2. The first-order chi connectivity index (χ1) is 6.66. The molecule has 0 heterocycles. The van der Waals surface area contributed by atoms with Gasteiger partial charge in [-0.15, -0.1) is 0 Å². The molecule has 1 aromatic carbocycles. The Balaban J connectivity index is 2.84. The lowest BCUT2D eigenvalue weighted by atomic mass is 10.2. The van der Waals surface area contributed by atoms with Crippen molar-refractivity contribution in [3.8, 4) is 0 Å². The fraction of sp³-hybridized carbons (Fsp3) is 0.364. The quantitative estimate of drug-likeness (QED) is 0.688. The van der Waals surface area contributed by atoms with Gasteiger partial charge in [0.25, 0.3) is 5.91 Å². The summed E-state index contributed by atoms with van der Waals surface area (Å²) in [6.07, 6.45) is 0. The summed E-state index contributed by atoms with van der Waals surface area (Å²) in [5.74, 6) is -0.108. The van der Waals surface area contributed by atoms with Gasteiger partial charge in [0.15, 0.2) is 0 Å². The monoisotopic (exact) mass is 193 g/mol. The van der Waals surface area contributed by atoms with Crippen molar-refractivity contribution in [1.29, 1.82) is 0 Å². The lowest BCUT2D eigenvalue weighted by molar-refractivity contribution is -0.115. The molecule has 0 saturated carbocycles. The molecular formula is C11H15NO2. The van der Waals surface area contributed by atoms with E-state index in [9.17, 15) is 4.79 Å². The standard InChI is InChI=1S/C11H15NO2/c1-9(2)12(14-3)11(13)10-7-5-4-6-8-10/h4-9H,1-3H3. The minimum absolute atomic E-state index is 0.0349. The van der Waals surface area contributed by atoms with E-state index in [0.29, 0.717) is 5.56 Å². The summed E-state index contributed by atoms with van der Waals surface area (Å²) in [7, 11) is 1.50. The van der Waals surface area contributed by atoms with Crippen LogP contribution in [0.15, 0.2) is 30.3 Å². The Morgan fingerprint density at radius 2 is 1.86 bits per heavy atom. The molecule has 0 radical (unpaired) electrons. The molecule has 0 N–H and O–H groups in total. The normalized spacial score (nSPS) is 10.3. The molecule has 1 amide bonds. The molecule has 14 heavy (non-hydrogen) atoms. The number of rotatable bonds is 3. The second-order valence-corrected chi connectivity index (χ2v) is 3.27. The molecule has 1 aromatic rings. The van der Waals surface area contributed by atoms with Gasteiger partial charge in [0, 0.05) is 5.56 Å². The Hall–Kier alpha value is -1.35. The number of hydrogen-bond acceptors (Lipinski definition) is 2. The molecule has 0 aromatic heterocycles. The van der Waals surface area contributed by atoms with Crippen molar-refractivity contribution < 1.29 is 9.63 Å². The van der Waals surface area contributed by atoms with Gasteiger partial charge in [-0.1, -0.05) is 18.2 Å². The van der Waals surface area contributed by atoms with Crippen LogP contribution in [-0.4, -0.2) is 24.1 Å². The van der Waals surface area contributed by atoms with Gasteiger partial charge in [0.2, 0.25) is 0 Å². The Morgan fingerprint density at radius 1 is 1.29 bits per heavy atom. The van der Waals surface area contributed by atoms with Crippen molar-refractivity contribution in [2.24, 2.45) is 0 Å². The van der Waals surface area contributed by atoms with E-state index < -0.39 is 0 Å². The number of carbonyl (C=O) groups is 1. The van der Waals surface area contributed by atoms with E-state index >= 15 is 0 Å². The van der Waals surface area contributed by atoms with Crippen molar-refractivity contribution in [3.63, 3.8) is 0 Å². The molecule has 3 nitrogen and oxygen atoms in total. The van der Waals surface area contributed by atoms with Gasteiger partial charge >= 0.3 is 0 Å². The Bertz CT molecular complexity index is 295. The zero-order valence-corrected chi connectivity index (χ0v) is 8.73. The third-order valence-corrected chi connectivity index (χ3v) is 1.89. The largest absolute Gasteiger partial charge is 0.277 e. The SMILES string of the molecule is CON(C(=O)c1ccccc1)C(C)C. The molecule has 0 spiro atoms. The van der Waals surface area contributed by atoms with Crippen LogP contribution in [0.25, 0.3) is 0 Å². The highest BCUT2D eigenvalue weighted by molar-refractivity contribution is 5.93. The van der Waals surface area contributed by atoms with E-state index in [4.69, 9.17) is 4.84 Å². The Morgan fingerprint density at radius 3 is 2.29 bits per heavy atom. The minimum Gasteiger partial charge on any atom is -0.274 e. The van der Waals surface area contributed by atoms with E-state index in [1.165, 1.54) is 12.2 Å². The van der Waals surface area contributed by atoms with E-state index in [1.807, 2.05) is 32.0 Å². The second kappa shape index (κ2) is 4.77. The summed E-state index contributed by atoms with van der Waals surface area (Å²) in [6, 6.07) is 9.13. The number of amides is 1. The molecule has 76 valence electrons. The number of benzene rings is 1. The summed E-state index contributed by atoms with van der Waals surface area (Å²) in [5, 5.41) is 1.36. The van der Waals surface area contributed by atoms with Crippen LogP contribution in [0.2, 0.25) is 0 Å². The van der Waals surface area contributed by atoms with Crippen LogP contribution < -0.4 is 0 Å². The number of nitrogens with zero attached hydrogens (tertiary/aromatic N) is 1. The van der Waals surface area contributed by atoms with Gasteiger partial charge in [0.1, 0.15) is 0 Å². The van der Waals surface area contributed by atoms with Crippen LogP contribution in [-0.2, 0) is 4.84 Å². The van der Waals surface area contributed by atoms with Crippen molar-refractivity contribution in [1.82, 2.24) is 5.06 Å². The zero-order valence-electron chi connectivity index (χ0n) is 8.73. The van der Waals surface area contributed by atoms with Gasteiger partial charge in [0.05, 0.1) is 13.2 Å². The second-order valence-electron chi connectivity index (χ2n) is 3.27. The van der Waals surface area contributed by atoms with Crippen LogP contribution in [0.5, 0.6) is 0 Å². The molecule has 0 aliphatic carbocycles. The van der Waals surface area contributed by atoms with Crippen molar-refractivity contribution in [2.75, 3.05) is 7.11 Å². The Kier molecular flexibility index (Phi) is 3.65. The summed E-state index contributed by atoms with van der Waals surface area (Å²) >= 11 is 0. The van der Waals surface area contributed by atoms with Gasteiger partial charge in [-0.25, -0.2) is 5.06 Å². The maximum atomic E-state index is 11.8. The lowest BCUT2D eigenvalue weighted by Crippen LogP contribution is -2.35. The first kappa shape index (κ1) is 10.7. The molecule has 0 aliphatic rings. The molecule has 0 saturated heterocycles. The highest BCUT2D eigenvalue weighted by Crippen LogP contribution is 2.07. The lowest BCUT2D eigenvalue weighted by Gasteiger charge is -2.23. The summed E-state index contributed by atoms with van der Waals surface area (Å²) in [4.78, 5) is 16.8. The zero-order chi connectivity index (χ0) is 10.6. The van der Waals surface area contributed by atoms with Gasteiger partial charge in [-0.3, -0.25) is 9.63 Å². The summed E-state index contributed by atoms with van der Waals surface area (Å²) in [5.41, 5.74) is 0.642. The molecule has 3 heteroatoms. The van der Waals surface area contributed by atoms with Crippen LogP contribution in [0.3, 0.4) is 0 Å². The maximum Gasteiger partial charge on any atom is 0.277 e. The average Bonchev–Trinajstić information content (AvgIpc) is 2.19. The maximum absolute atomic E-state index is 11.8. The van der Waals surface area contributed by atoms with Gasteiger partial charge in [-0.2, -0.15) is 0 Å². The van der Waals surface area contributed by atoms with E-state index in [2.05, 4.69) is 0 Å². The fourth-order valence-corrected chi connectivity index (χ4v) is 1.24. The molecule has 0 aliphatic heterocycles. The smallest absolute Gasteiger partial charge is 0.274 e. The molecule has 0 unspecified atom stereocenters. The number of carbonyl (C=O) groups excluding carboxylic acids is 1. The third-order valence-electron chi connectivity index (χ3n) is 1.89. The van der Waals surface area contributed by atoms with Crippen molar-refractivity contribution in [3.05, 3.63) is 35.9 Å². The fourth-order valence-electron chi connectivity index (χ4n) is 1.24. The molecule has 0 atom stereocenters. The first-order valence-electron chi connectivity index (χ1n) is 4.59. The minimum atomic E-state index is -0.108. The predicted molar refractivity (Wildman–Crippen MR) is 54.8 cm³/mol. The summed E-state index contributed by atoms with van der Waals surface area (Å²) < 4.78 is 0. The molecular weight excluding hydrogens is 178 g/mol. The van der Waals surface area contributed by atoms with Crippen LogP contribution in [0.1, 0.15) is 24.2 Å². The van der Waals surface area contributed by atoms with Gasteiger partial charge < -0.3 is 0 Å². The average molecular weight is 193 g/mol. The van der Waals surface area contributed by atoms with Gasteiger partial charge in [-0.05, 0) is 26.0 Å². The van der Waals surface area contributed by atoms with Crippen LogP contribution >= 0.6 is 0 Å². The molecule has 0 bridgehead atoms. The summed E-state index contributed by atoms with van der Waals surface area (Å²) in [6.45, 7) is 3.81. The number of hydrogen-bond donors (Lipinski definition) is 0.